The average molecular weight is 452 g/mol. The molecule has 2 aliphatic heterocycles. The van der Waals surface area contributed by atoms with Crippen molar-refractivity contribution in [1.82, 2.24) is 14.8 Å². The van der Waals surface area contributed by atoms with Crippen LogP contribution >= 0.6 is 0 Å². The number of rotatable bonds is 6. The molecule has 3 aromatic rings. The van der Waals surface area contributed by atoms with Crippen molar-refractivity contribution in [1.29, 1.82) is 0 Å². The van der Waals surface area contributed by atoms with E-state index in [4.69, 9.17) is 13.9 Å². The van der Waals surface area contributed by atoms with E-state index in [9.17, 15) is 9.18 Å². The maximum Gasteiger partial charge on any atom is 0.277 e. The molecule has 33 heavy (non-hydrogen) atoms. The Hall–Kier alpha value is -3.43. The number of anilines is 1. The summed E-state index contributed by atoms with van der Waals surface area (Å²) in [4.78, 5) is 21.3. The van der Waals surface area contributed by atoms with Gasteiger partial charge in [-0.05, 0) is 35.9 Å². The van der Waals surface area contributed by atoms with Crippen molar-refractivity contribution in [3.63, 3.8) is 0 Å². The van der Waals surface area contributed by atoms with Gasteiger partial charge in [0.05, 0.1) is 6.54 Å². The lowest BCUT2D eigenvalue weighted by Gasteiger charge is -2.34. The van der Waals surface area contributed by atoms with E-state index in [-0.39, 0.29) is 5.69 Å². The molecule has 0 saturated carbocycles. The minimum atomic E-state index is -0.431. The number of carbonyl (C=O) groups is 1. The van der Waals surface area contributed by atoms with E-state index in [0.29, 0.717) is 31.3 Å². The first-order valence-corrected chi connectivity index (χ1v) is 11.0. The van der Waals surface area contributed by atoms with E-state index in [0.717, 1.165) is 44.2 Å². The highest BCUT2D eigenvalue weighted by Gasteiger charge is 2.21. The van der Waals surface area contributed by atoms with Gasteiger partial charge in [0.2, 0.25) is 5.89 Å². The summed E-state index contributed by atoms with van der Waals surface area (Å²) in [7, 11) is 0. The van der Waals surface area contributed by atoms with Crippen LogP contribution in [-0.2, 0) is 13.1 Å². The van der Waals surface area contributed by atoms with Crippen LogP contribution in [0.2, 0.25) is 0 Å². The van der Waals surface area contributed by atoms with Gasteiger partial charge in [-0.15, -0.1) is 0 Å². The summed E-state index contributed by atoms with van der Waals surface area (Å²) in [6.07, 6.45) is 1.34. The average Bonchev–Trinajstić information content (AvgIpc) is 3.29. The Bertz CT molecular complexity index is 1130. The molecular formula is C24H25FN4O4. The minimum absolute atomic E-state index is 0.173. The number of carbonyl (C=O) groups excluding carboxylic acids is 1. The molecule has 0 bridgehead atoms. The fourth-order valence-electron chi connectivity index (χ4n) is 3.99. The largest absolute Gasteiger partial charge is 0.486 e. The molecule has 3 heterocycles. The van der Waals surface area contributed by atoms with E-state index >= 15 is 0 Å². The standard InChI is InChI=1S/C24H25FN4O4/c25-18-2-1-3-19(13-18)26-24(30)20-16-33-23(27-20)15-29-8-6-28(7-9-29)14-17-4-5-21-22(12-17)32-11-10-31-21/h1-5,12-13,16H,6-11,14-15H2,(H,26,30). The Labute approximate surface area is 190 Å². The highest BCUT2D eigenvalue weighted by Crippen LogP contribution is 2.31. The van der Waals surface area contributed by atoms with Crippen molar-refractivity contribution in [2.75, 3.05) is 44.7 Å². The number of oxazole rings is 1. The monoisotopic (exact) mass is 452 g/mol. The van der Waals surface area contributed by atoms with Crippen LogP contribution in [0.1, 0.15) is 21.9 Å². The summed E-state index contributed by atoms with van der Waals surface area (Å²) in [6.45, 7) is 6.15. The van der Waals surface area contributed by atoms with Gasteiger partial charge in [-0.25, -0.2) is 9.37 Å². The maximum absolute atomic E-state index is 13.3. The van der Waals surface area contributed by atoms with Crippen LogP contribution in [0, 0.1) is 5.82 Å². The topological polar surface area (TPSA) is 80.1 Å². The van der Waals surface area contributed by atoms with Crippen molar-refractivity contribution >= 4 is 11.6 Å². The van der Waals surface area contributed by atoms with Gasteiger partial charge in [-0.3, -0.25) is 14.6 Å². The van der Waals surface area contributed by atoms with Crippen LogP contribution in [0.3, 0.4) is 0 Å². The zero-order valence-electron chi connectivity index (χ0n) is 18.1. The van der Waals surface area contributed by atoms with Crippen molar-refractivity contribution in [3.8, 4) is 11.5 Å². The number of piperazine rings is 1. The number of ether oxygens (including phenoxy) is 2. The number of hydrogen-bond donors (Lipinski definition) is 1. The number of aromatic nitrogens is 1. The third-order valence-electron chi connectivity index (χ3n) is 5.70. The van der Waals surface area contributed by atoms with Crippen molar-refractivity contribution in [3.05, 3.63) is 71.7 Å². The Kier molecular flexibility index (Phi) is 6.23. The summed E-state index contributed by atoms with van der Waals surface area (Å²) in [6, 6.07) is 11.8. The Morgan fingerprint density at radius 3 is 2.52 bits per heavy atom. The first-order chi connectivity index (χ1) is 16.1. The summed E-state index contributed by atoms with van der Waals surface area (Å²) in [5, 5.41) is 2.63. The molecule has 8 nitrogen and oxygen atoms in total. The van der Waals surface area contributed by atoms with Gasteiger partial charge in [0, 0.05) is 38.4 Å². The molecule has 2 aromatic carbocycles. The van der Waals surface area contributed by atoms with E-state index in [1.54, 1.807) is 6.07 Å². The van der Waals surface area contributed by atoms with Gasteiger partial charge < -0.3 is 19.2 Å². The Morgan fingerprint density at radius 1 is 0.970 bits per heavy atom. The van der Waals surface area contributed by atoms with Gasteiger partial charge in [0.25, 0.3) is 5.91 Å². The number of nitrogens with zero attached hydrogens (tertiary/aromatic N) is 3. The van der Waals surface area contributed by atoms with E-state index < -0.39 is 11.7 Å². The second-order valence-corrected chi connectivity index (χ2v) is 8.12. The summed E-state index contributed by atoms with van der Waals surface area (Å²) < 4.78 is 30.1. The summed E-state index contributed by atoms with van der Waals surface area (Å²) in [5.74, 6) is 1.27. The number of fused-ring (bicyclic) bond motifs is 1. The lowest BCUT2D eigenvalue weighted by molar-refractivity contribution is 0.102. The second kappa shape index (κ2) is 9.60. The molecule has 0 atom stereocenters. The lowest BCUT2D eigenvalue weighted by atomic mass is 10.1. The lowest BCUT2D eigenvalue weighted by Crippen LogP contribution is -2.45. The molecular weight excluding hydrogens is 427 g/mol. The zero-order chi connectivity index (χ0) is 22.6. The smallest absolute Gasteiger partial charge is 0.277 e. The molecule has 1 saturated heterocycles. The van der Waals surface area contributed by atoms with Crippen LogP contribution in [0.15, 0.2) is 53.1 Å². The molecule has 0 unspecified atom stereocenters. The van der Waals surface area contributed by atoms with E-state index in [1.165, 1.54) is 30.0 Å². The molecule has 172 valence electrons. The van der Waals surface area contributed by atoms with E-state index in [1.807, 2.05) is 6.07 Å². The third-order valence-corrected chi connectivity index (χ3v) is 5.70. The number of hydrogen-bond acceptors (Lipinski definition) is 7. The molecule has 0 spiro atoms. The quantitative estimate of drug-likeness (QED) is 0.615. The molecule has 1 fully saturated rings. The summed E-state index contributed by atoms with van der Waals surface area (Å²) >= 11 is 0. The first-order valence-electron chi connectivity index (χ1n) is 11.0. The van der Waals surface area contributed by atoms with E-state index in [2.05, 4.69) is 32.2 Å². The van der Waals surface area contributed by atoms with Crippen molar-refractivity contribution in [2.24, 2.45) is 0 Å². The number of benzene rings is 2. The SMILES string of the molecule is O=C(Nc1cccc(F)c1)c1coc(CN2CCN(Cc3ccc4c(c3)OCCO4)CC2)n1. The van der Waals surface area contributed by atoms with Gasteiger partial charge in [-0.2, -0.15) is 0 Å². The van der Waals surface area contributed by atoms with Crippen LogP contribution in [-0.4, -0.2) is 60.1 Å². The molecule has 0 aliphatic carbocycles. The highest BCUT2D eigenvalue weighted by atomic mass is 19.1. The third kappa shape index (κ3) is 5.32. The van der Waals surface area contributed by atoms with Crippen molar-refractivity contribution < 1.29 is 23.1 Å². The Morgan fingerprint density at radius 2 is 1.73 bits per heavy atom. The van der Waals surface area contributed by atoms with Crippen LogP contribution in [0.4, 0.5) is 10.1 Å². The Balaban J connectivity index is 1.10. The fraction of sp³-hybridized carbons (Fsp3) is 0.333. The van der Waals surface area contributed by atoms with Crippen LogP contribution in [0.25, 0.3) is 0 Å². The molecule has 1 amide bonds. The maximum atomic E-state index is 13.3. The molecule has 5 rings (SSSR count). The second-order valence-electron chi connectivity index (χ2n) is 8.12. The first kappa shape index (κ1) is 21.4. The van der Waals surface area contributed by atoms with Crippen LogP contribution < -0.4 is 14.8 Å². The van der Waals surface area contributed by atoms with Gasteiger partial charge in [-0.1, -0.05) is 12.1 Å². The van der Waals surface area contributed by atoms with Crippen LogP contribution in [0.5, 0.6) is 11.5 Å². The number of amides is 1. The summed E-state index contributed by atoms with van der Waals surface area (Å²) in [5.41, 5.74) is 1.75. The number of nitrogens with one attached hydrogen (secondary N) is 1. The number of halogens is 1. The van der Waals surface area contributed by atoms with Gasteiger partial charge in [0.1, 0.15) is 25.3 Å². The molecule has 2 aliphatic rings. The van der Waals surface area contributed by atoms with Crippen molar-refractivity contribution in [2.45, 2.75) is 13.1 Å². The zero-order valence-corrected chi connectivity index (χ0v) is 18.1. The highest BCUT2D eigenvalue weighted by molar-refractivity contribution is 6.02. The predicted molar refractivity (Wildman–Crippen MR) is 119 cm³/mol. The molecule has 1 N–H and O–H groups in total. The fourth-order valence-corrected chi connectivity index (χ4v) is 3.99. The van der Waals surface area contributed by atoms with Gasteiger partial charge in [0.15, 0.2) is 17.2 Å². The predicted octanol–water partition coefficient (Wildman–Crippen LogP) is 3.16. The molecule has 0 radical (unpaired) electrons. The minimum Gasteiger partial charge on any atom is -0.486 e. The normalized spacial score (nSPS) is 16.5. The molecule has 9 heteroatoms. The van der Waals surface area contributed by atoms with Gasteiger partial charge >= 0.3 is 0 Å². The molecule has 1 aromatic heterocycles.